The average molecular weight is 402 g/mol. The van der Waals surface area contributed by atoms with Crippen LogP contribution in [0.2, 0.25) is 0 Å². The van der Waals surface area contributed by atoms with Crippen LogP contribution in [0.4, 0.5) is 0 Å². The molecular formula is C19H34N2O7. The summed E-state index contributed by atoms with van der Waals surface area (Å²) in [5.41, 5.74) is 0. The molecule has 0 saturated heterocycles. The number of nitrogens with zero attached hydrogens (tertiary/aromatic N) is 2. The van der Waals surface area contributed by atoms with Crippen LogP contribution in [0.1, 0.15) is 39.0 Å². The lowest BCUT2D eigenvalue weighted by Crippen LogP contribution is -2.39. The Bertz CT molecular complexity index is 413. The molecule has 0 N–H and O–H groups in total. The highest BCUT2D eigenvalue weighted by atomic mass is 16.5. The molecule has 0 aromatic rings. The predicted molar refractivity (Wildman–Crippen MR) is 103 cm³/mol. The number of hydrogen-bond donors (Lipinski definition) is 0. The van der Waals surface area contributed by atoms with E-state index in [-0.39, 0.29) is 43.0 Å². The monoisotopic (exact) mass is 402 g/mol. The largest absolute Gasteiger partial charge is 0.469 e. The van der Waals surface area contributed by atoms with Crippen molar-refractivity contribution in [2.24, 2.45) is 0 Å². The molecule has 0 aromatic carbocycles. The van der Waals surface area contributed by atoms with E-state index in [1.807, 2.05) is 16.7 Å². The molecule has 162 valence electrons. The fourth-order valence-corrected chi connectivity index (χ4v) is 2.47. The van der Waals surface area contributed by atoms with Crippen LogP contribution in [0.5, 0.6) is 0 Å². The first-order chi connectivity index (χ1) is 13.4. The molecule has 0 atom stereocenters. The fraction of sp³-hybridized carbons (Fsp3) is 0.789. The summed E-state index contributed by atoms with van der Waals surface area (Å²) in [4.78, 5) is 49.9. The van der Waals surface area contributed by atoms with Gasteiger partial charge in [0.1, 0.15) is 5.78 Å². The van der Waals surface area contributed by atoms with Crippen LogP contribution in [0.15, 0.2) is 0 Å². The molecule has 28 heavy (non-hydrogen) atoms. The molecule has 0 heterocycles. The van der Waals surface area contributed by atoms with Crippen LogP contribution < -0.4 is 0 Å². The quantitative estimate of drug-likeness (QED) is 0.272. The minimum absolute atomic E-state index is 0.163. The van der Waals surface area contributed by atoms with Crippen LogP contribution in [0.25, 0.3) is 0 Å². The molecule has 9 nitrogen and oxygen atoms in total. The minimum Gasteiger partial charge on any atom is -0.469 e. The zero-order chi connectivity index (χ0) is 21.4. The van der Waals surface area contributed by atoms with Crippen molar-refractivity contribution >= 4 is 23.7 Å². The maximum atomic E-state index is 11.6. The Morgan fingerprint density at radius 2 is 0.893 bits per heavy atom. The molecule has 0 unspecified atom stereocenters. The van der Waals surface area contributed by atoms with E-state index in [1.165, 1.54) is 21.3 Å². The third kappa shape index (κ3) is 13.2. The Balaban J connectivity index is 4.75. The lowest BCUT2D eigenvalue weighted by molar-refractivity contribution is -0.142. The van der Waals surface area contributed by atoms with Crippen molar-refractivity contribution < 1.29 is 33.4 Å². The van der Waals surface area contributed by atoms with Crippen LogP contribution in [-0.2, 0) is 33.4 Å². The number of esters is 3. The van der Waals surface area contributed by atoms with Gasteiger partial charge in [0.05, 0.1) is 40.6 Å². The summed E-state index contributed by atoms with van der Waals surface area (Å²) in [5.74, 6) is -0.783. The van der Waals surface area contributed by atoms with E-state index in [1.54, 1.807) is 0 Å². The standard InChI is InChI=1S/C19H34N2O7/c1-5-16(22)6-10-20(11-7-17(23)26-2)14-15-21(12-8-18(24)27-3)13-9-19(25)28-4/h5-15H2,1-4H3. The summed E-state index contributed by atoms with van der Waals surface area (Å²) in [6.07, 6.45) is 1.57. The van der Waals surface area contributed by atoms with Gasteiger partial charge in [0.15, 0.2) is 0 Å². The van der Waals surface area contributed by atoms with E-state index >= 15 is 0 Å². The zero-order valence-electron chi connectivity index (χ0n) is 17.5. The second kappa shape index (κ2) is 16.0. The van der Waals surface area contributed by atoms with Gasteiger partial charge < -0.3 is 24.0 Å². The Morgan fingerprint density at radius 3 is 1.18 bits per heavy atom. The molecule has 9 heteroatoms. The van der Waals surface area contributed by atoms with Gasteiger partial charge in [0, 0.05) is 52.1 Å². The maximum Gasteiger partial charge on any atom is 0.306 e. The molecule has 0 radical (unpaired) electrons. The highest BCUT2D eigenvalue weighted by Gasteiger charge is 2.15. The smallest absolute Gasteiger partial charge is 0.306 e. The molecule has 0 aliphatic carbocycles. The van der Waals surface area contributed by atoms with Crippen molar-refractivity contribution in [1.29, 1.82) is 0 Å². The van der Waals surface area contributed by atoms with Gasteiger partial charge in [0.2, 0.25) is 0 Å². The van der Waals surface area contributed by atoms with Crippen molar-refractivity contribution in [2.75, 3.05) is 60.6 Å². The number of rotatable bonds is 16. The summed E-state index contributed by atoms with van der Waals surface area (Å²) in [6, 6.07) is 0. The second-order valence-electron chi connectivity index (χ2n) is 6.30. The lowest BCUT2D eigenvalue weighted by Gasteiger charge is -2.27. The van der Waals surface area contributed by atoms with Gasteiger partial charge >= 0.3 is 17.9 Å². The van der Waals surface area contributed by atoms with E-state index < -0.39 is 0 Å². The molecule has 0 rings (SSSR count). The minimum atomic E-state index is -0.320. The summed E-state index contributed by atoms with van der Waals surface area (Å²) in [7, 11) is 4.01. The molecule has 0 fully saturated rings. The van der Waals surface area contributed by atoms with E-state index in [0.717, 1.165) is 0 Å². The molecule has 0 spiro atoms. The first kappa shape index (κ1) is 26.0. The van der Waals surface area contributed by atoms with E-state index in [4.69, 9.17) is 0 Å². The number of ether oxygens (including phenoxy) is 3. The van der Waals surface area contributed by atoms with Crippen LogP contribution in [0.3, 0.4) is 0 Å². The third-order valence-electron chi connectivity index (χ3n) is 4.41. The van der Waals surface area contributed by atoms with Gasteiger partial charge in [-0.25, -0.2) is 0 Å². The van der Waals surface area contributed by atoms with Crippen molar-refractivity contribution in [3.8, 4) is 0 Å². The fourth-order valence-electron chi connectivity index (χ4n) is 2.47. The molecule has 0 aliphatic heterocycles. The number of carbonyl (C=O) groups excluding carboxylic acids is 4. The Morgan fingerprint density at radius 1 is 0.571 bits per heavy atom. The number of Topliss-reactive ketones (excluding diaryl/α,β-unsaturated/α-hetero) is 1. The van der Waals surface area contributed by atoms with E-state index in [9.17, 15) is 19.2 Å². The van der Waals surface area contributed by atoms with Gasteiger partial charge in [-0.05, 0) is 0 Å². The van der Waals surface area contributed by atoms with Gasteiger partial charge in [-0.15, -0.1) is 0 Å². The van der Waals surface area contributed by atoms with Gasteiger partial charge in [-0.3, -0.25) is 19.2 Å². The zero-order valence-corrected chi connectivity index (χ0v) is 17.5. The van der Waals surface area contributed by atoms with Crippen LogP contribution >= 0.6 is 0 Å². The lowest BCUT2D eigenvalue weighted by atomic mass is 10.2. The Hall–Kier alpha value is -2.00. The predicted octanol–water partition coefficient (Wildman–Crippen LogP) is 0.649. The van der Waals surface area contributed by atoms with Crippen molar-refractivity contribution in [2.45, 2.75) is 39.0 Å². The van der Waals surface area contributed by atoms with Crippen molar-refractivity contribution in [3.05, 3.63) is 0 Å². The van der Waals surface area contributed by atoms with Crippen LogP contribution in [-0.4, -0.2) is 94.1 Å². The highest BCUT2D eigenvalue weighted by Crippen LogP contribution is 2.02. The molecule has 0 amide bonds. The molecule has 0 aromatic heterocycles. The topological polar surface area (TPSA) is 102 Å². The average Bonchev–Trinajstić information content (AvgIpc) is 2.72. The second-order valence-corrected chi connectivity index (χ2v) is 6.30. The molecule has 0 saturated carbocycles. The van der Waals surface area contributed by atoms with Crippen molar-refractivity contribution in [1.82, 2.24) is 9.80 Å². The summed E-state index contributed by atoms with van der Waals surface area (Å²) >= 11 is 0. The van der Waals surface area contributed by atoms with Crippen molar-refractivity contribution in [3.63, 3.8) is 0 Å². The normalized spacial score (nSPS) is 10.8. The summed E-state index contributed by atoms with van der Waals surface area (Å²) in [5, 5.41) is 0. The summed E-state index contributed by atoms with van der Waals surface area (Å²) < 4.78 is 14.0. The Kier molecular flexibility index (Phi) is 14.9. The van der Waals surface area contributed by atoms with Crippen LogP contribution in [0, 0.1) is 0 Å². The first-order valence-electron chi connectivity index (χ1n) is 9.53. The van der Waals surface area contributed by atoms with Gasteiger partial charge in [-0.2, -0.15) is 0 Å². The maximum absolute atomic E-state index is 11.6. The molecular weight excluding hydrogens is 368 g/mol. The van der Waals surface area contributed by atoms with E-state index in [0.29, 0.717) is 52.1 Å². The van der Waals surface area contributed by atoms with Gasteiger partial charge in [0.25, 0.3) is 0 Å². The molecule has 0 bridgehead atoms. The number of carbonyl (C=O) groups is 4. The molecule has 0 aliphatic rings. The SMILES string of the molecule is CCC(=O)CCN(CCC(=O)OC)CCN(CCC(=O)OC)CCC(=O)OC. The number of ketones is 1. The number of hydrogen-bond acceptors (Lipinski definition) is 9. The Labute approximate surface area is 167 Å². The summed E-state index contributed by atoms with van der Waals surface area (Å²) in [6.45, 7) is 4.91. The highest BCUT2D eigenvalue weighted by molar-refractivity contribution is 5.78. The van der Waals surface area contributed by atoms with Gasteiger partial charge in [-0.1, -0.05) is 6.92 Å². The van der Waals surface area contributed by atoms with E-state index in [2.05, 4.69) is 14.2 Å². The number of methoxy groups -OCH3 is 3. The first-order valence-corrected chi connectivity index (χ1v) is 9.53. The third-order valence-corrected chi connectivity index (χ3v) is 4.41.